The summed E-state index contributed by atoms with van der Waals surface area (Å²) in [6.45, 7) is 0. The van der Waals surface area contributed by atoms with Crippen LogP contribution in [0.1, 0.15) is 19.3 Å². The maximum atomic E-state index is 2.99. The largest absolute Gasteiger partial charge is 3.00 e. The molecular formula is C15H15Tm. The molecule has 88 valence electrons. The van der Waals surface area contributed by atoms with Crippen molar-refractivity contribution in [2.24, 2.45) is 0 Å². The second kappa shape index (κ2) is 12.7. The molecule has 3 aliphatic carbocycles. The van der Waals surface area contributed by atoms with Crippen LogP contribution in [-0.4, -0.2) is 0 Å². The van der Waals surface area contributed by atoms with Gasteiger partial charge in [0.25, 0.3) is 0 Å². The van der Waals surface area contributed by atoms with Crippen LogP contribution in [0.5, 0.6) is 0 Å². The Hall–Kier alpha value is -0.326. The summed E-state index contributed by atoms with van der Waals surface area (Å²) >= 11 is 0. The minimum atomic E-state index is 0. The second-order valence-corrected chi connectivity index (χ2v) is 3.01. The summed E-state index contributed by atoms with van der Waals surface area (Å²) in [6.07, 6.45) is 30.0. The molecule has 0 nitrogen and oxygen atoms in total. The van der Waals surface area contributed by atoms with Gasteiger partial charge in [-0.1, -0.05) is 0 Å². The van der Waals surface area contributed by atoms with E-state index in [0.717, 1.165) is 19.3 Å². The van der Waals surface area contributed by atoms with E-state index in [9.17, 15) is 0 Å². The second-order valence-electron chi connectivity index (χ2n) is 3.01. The zero-order chi connectivity index (χ0) is 10.6. The monoisotopic (exact) mass is 364 g/mol. The van der Waals surface area contributed by atoms with Crippen LogP contribution in [0.15, 0.2) is 54.7 Å². The molecule has 0 aromatic heterocycles. The van der Waals surface area contributed by atoms with E-state index >= 15 is 0 Å². The predicted octanol–water partition coefficient (Wildman–Crippen LogP) is 3.92. The molecule has 0 heterocycles. The fraction of sp³-hybridized carbons (Fsp3) is 0.200. The third kappa shape index (κ3) is 10.2. The minimum Gasteiger partial charge on any atom is -0.273 e. The number of allylic oxidation sites excluding steroid dienone is 12. The Morgan fingerprint density at radius 3 is 0.938 bits per heavy atom. The molecule has 1 heteroatoms. The summed E-state index contributed by atoms with van der Waals surface area (Å²) in [5.41, 5.74) is 0. The molecule has 0 radical (unpaired) electrons. The summed E-state index contributed by atoms with van der Waals surface area (Å²) in [4.78, 5) is 0. The smallest absolute Gasteiger partial charge is 0.273 e. The van der Waals surface area contributed by atoms with Crippen LogP contribution in [0.3, 0.4) is 0 Å². The third-order valence-electron chi connectivity index (χ3n) is 1.76. The summed E-state index contributed by atoms with van der Waals surface area (Å²) in [6, 6.07) is 0. The van der Waals surface area contributed by atoms with Gasteiger partial charge in [0.05, 0.1) is 0 Å². The molecule has 0 aromatic carbocycles. The number of hydrogen-bond donors (Lipinski definition) is 0. The van der Waals surface area contributed by atoms with Crippen molar-refractivity contribution in [3.05, 3.63) is 72.9 Å². The molecular weight excluding hydrogens is 349 g/mol. The molecule has 3 rings (SSSR count). The van der Waals surface area contributed by atoms with Crippen molar-refractivity contribution in [2.75, 3.05) is 0 Å². The van der Waals surface area contributed by atoms with Crippen LogP contribution < -0.4 is 0 Å². The van der Waals surface area contributed by atoms with Gasteiger partial charge < -0.3 is 0 Å². The number of hydrogen-bond acceptors (Lipinski definition) is 0. The van der Waals surface area contributed by atoms with Gasteiger partial charge in [-0.25, -0.2) is 36.5 Å². The average molecular weight is 364 g/mol. The minimum absolute atomic E-state index is 0. The fourth-order valence-electron chi connectivity index (χ4n) is 1.02. The molecule has 0 aromatic rings. The summed E-state index contributed by atoms with van der Waals surface area (Å²) in [7, 11) is 0. The van der Waals surface area contributed by atoms with Crippen molar-refractivity contribution in [2.45, 2.75) is 19.3 Å². The van der Waals surface area contributed by atoms with Crippen molar-refractivity contribution in [3.63, 3.8) is 0 Å². The molecule has 0 bridgehead atoms. The van der Waals surface area contributed by atoms with E-state index in [1.807, 2.05) is 36.5 Å². The molecule has 0 fully saturated rings. The normalized spacial score (nSPS) is 16.5. The van der Waals surface area contributed by atoms with Gasteiger partial charge in [0.1, 0.15) is 0 Å². The predicted molar refractivity (Wildman–Crippen MR) is 64.7 cm³/mol. The third-order valence-corrected chi connectivity index (χ3v) is 1.76. The summed E-state index contributed by atoms with van der Waals surface area (Å²) < 4.78 is 0. The van der Waals surface area contributed by atoms with E-state index in [2.05, 4.69) is 36.5 Å². The molecule has 0 atom stereocenters. The SMILES string of the molecule is [C-]1=CC=CC1.[C-]1=CC=CC1.[C-]1=CC=CC1.[Tm+3]. The maximum absolute atomic E-state index is 2.99. The molecule has 0 amide bonds. The molecule has 0 spiro atoms. The van der Waals surface area contributed by atoms with E-state index < -0.39 is 0 Å². The van der Waals surface area contributed by atoms with Gasteiger partial charge in [0, 0.05) is 0 Å². The van der Waals surface area contributed by atoms with Crippen LogP contribution >= 0.6 is 0 Å². The standard InChI is InChI=1S/3C5H5.Tm/c3*1-2-4-5-3-1;/h3*1-3H,4H2;/q3*-1;+3. The Kier molecular flexibility index (Phi) is 12.5. The van der Waals surface area contributed by atoms with Crippen molar-refractivity contribution in [1.82, 2.24) is 0 Å². The van der Waals surface area contributed by atoms with Crippen LogP contribution in [0.25, 0.3) is 0 Å². The zero-order valence-electron chi connectivity index (χ0n) is 9.09. The topological polar surface area (TPSA) is 0 Å². The molecule has 16 heavy (non-hydrogen) atoms. The Balaban J connectivity index is 0.000000205. The van der Waals surface area contributed by atoms with Gasteiger partial charge in [-0.3, -0.25) is 18.2 Å². The van der Waals surface area contributed by atoms with E-state index in [4.69, 9.17) is 0 Å². The van der Waals surface area contributed by atoms with E-state index in [0.29, 0.717) is 0 Å². The first-order chi connectivity index (χ1) is 7.50. The van der Waals surface area contributed by atoms with Crippen molar-refractivity contribution in [3.8, 4) is 0 Å². The summed E-state index contributed by atoms with van der Waals surface area (Å²) in [5, 5.41) is 0. The van der Waals surface area contributed by atoms with E-state index in [-0.39, 0.29) is 36.9 Å². The molecule has 0 saturated carbocycles. The van der Waals surface area contributed by atoms with Crippen LogP contribution in [0.2, 0.25) is 0 Å². The zero-order valence-corrected chi connectivity index (χ0v) is 10.9. The molecule has 0 saturated heterocycles. The first-order valence-electron chi connectivity index (χ1n) is 5.15. The quantitative estimate of drug-likeness (QED) is 0.572. The van der Waals surface area contributed by atoms with Crippen LogP contribution in [-0.2, 0) is 0 Å². The van der Waals surface area contributed by atoms with Crippen molar-refractivity contribution in [1.29, 1.82) is 0 Å². The summed E-state index contributed by atoms with van der Waals surface area (Å²) in [5.74, 6) is 0. The first-order valence-corrected chi connectivity index (χ1v) is 5.15. The van der Waals surface area contributed by atoms with Gasteiger partial charge >= 0.3 is 36.9 Å². The first kappa shape index (κ1) is 15.7. The van der Waals surface area contributed by atoms with Gasteiger partial charge in [0.15, 0.2) is 0 Å². The van der Waals surface area contributed by atoms with Gasteiger partial charge in [-0.2, -0.15) is 18.2 Å². The van der Waals surface area contributed by atoms with Crippen LogP contribution in [0.4, 0.5) is 0 Å². The fourth-order valence-corrected chi connectivity index (χ4v) is 1.02. The Morgan fingerprint density at radius 1 is 0.562 bits per heavy atom. The van der Waals surface area contributed by atoms with Crippen molar-refractivity contribution >= 4 is 0 Å². The maximum Gasteiger partial charge on any atom is 3.00 e. The van der Waals surface area contributed by atoms with Gasteiger partial charge in [-0.05, 0) is 0 Å². The van der Waals surface area contributed by atoms with E-state index in [1.165, 1.54) is 0 Å². The number of rotatable bonds is 0. The molecule has 0 aliphatic heterocycles. The van der Waals surface area contributed by atoms with Gasteiger partial charge in [-0.15, -0.1) is 19.3 Å². The average Bonchev–Trinajstić information content (AvgIpc) is 3.09. The van der Waals surface area contributed by atoms with Gasteiger partial charge in [0.2, 0.25) is 0 Å². The van der Waals surface area contributed by atoms with E-state index in [1.54, 1.807) is 0 Å². The molecule has 0 unspecified atom stereocenters. The Labute approximate surface area is 128 Å². The molecule has 0 N–H and O–H groups in total. The van der Waals surface area contributed by atoms with Crippen LogP contribution in [0, 0.1) is 55.1 Å². The van der Waals surface area contributed by atoms with Crippen molar-refractivity contribution < 1.29 is 36.9 Å². The molecule has 3 aliphatic rings. The Bertz CT molecular complexity index is 232. The Morgan fingerprint density at radius 2 is 0.875 bits per heavy atom.